The fourth-order valence-electron chi connectivity index (χ4n) is 1.34. The van der Waals surface area contributed by atoms with E-state index in [1.807, 2.05) is 32.0 Å². The van der Waals surface area contributed by atoms with Crippen molar-refractivity contribution in [2.24, 2.45) is 0 Å². The van der Waals surface area contributed by atoms with Crippen molar-refractivity contribution in [2.75, 3.05) is 11.5 Å². The third kappa shape index (κ3) is 4.30. The molecule has 4 heteroatoms. The third-order valence-corrected chi connectivity index (χ3v) is 3.74. The standard InChI is InChI=1S/C13H20N2OS/c1-4-10(3)15-12(16)8-17-11-7-5-6-9(2)13(11)14/h5-7,10H,4,8,14H2,1-3H3,(H,15,16). The van der Waals surface area contributed by atoms with Crippen LogP contribution in [0, 0.1) is 6.92 Å². The first-order chi connectivity index (χ1) is 8.04. The minimum atomic E-state index is 0.0604. The molecule has 1 amide bonds. The van der Waals surface area contributed by atoms with Gasteiger partial charge < -0.3 is 11.1 Å². The molecule has 0 aliphatic rings. The molecule has 0 bridgehead atoms. The molecular weight excluding hydrogens is 232 g/mol. The molecule has 0 aromatic heterocycles. The molecule has 0 fully saturated rings. The second-order valence-corrected chi connectivity index (χ2v) is 5.17. The summed E-state index contributed by atoms with van der Waals surface area (Å²) in [6.45, 7) is 6.03. The average molecular weight is 252 g/mol. The number of anilines is 1. The molecule has 3 nitrogen and oxygen atoms in total. The minimum Gasteiger partial charge on any atom is -0.398 e. The van der Waals surface area contributed by atoms with E-state index in [2.05, 4.69) is 12.2 Å². The van der Waals surface area contributed by atoms with Crippen LogP contribution < -0.4 is 11.1 Å². The maximum absolute atomic E-state index is 11.6. The molecule has 0 radical (unpaired) electrons. The Bertz CT molecular complexity index is 393. The van der Waals surface area contributed by atoms with Crippen LogP contribution >= 0.6 is 11.8 Å². The molecule has 0 aliphatic carbocycles. The van der Waals surface area contributed by atoms with Crippen molar-refractivity contribution in [1.82, 2.24) is 5.32 Å². The van der Waals surface area contributed by atoms with Crippen LogP contribution in [0.1, 0.15) is 25.8 Å². The third-order valence-electron chi connectivity index (χ3n) is 2.66. The van der Waals surface area contributed by atoms with Gasteiger partial charge in [-0.15, -0.1) is 11.8 Å². The lowest BCUT2D eigenvalue weighted by atomic mass is 10.2. The Morgan fingerprint density at radius 3 is 2.88 bits per heavy atom. The summed E-state index contributed by atoms with van der Waals surface area (Å²) in [5.41, 5.74) is 7.77. The number of carbonyl (C=O) groups is 1. The molecular formula is C13H20N2OS. The molecule has 3 N–H and O–H groups in total. The van der Waals surface area contributed by atoms with Gasteiger partial charge >= 0.3 is 0 Å². The largest absolute Gasteiger partial charge is 0.398 e. The van der Waals surface area contributed by atoms with E-state index in [-0.39, 0.29) is 11.9 Å². The first-order valence-electron chi connectivity index (χ1n) is 5.81. The van der Waals surface area contributed by atoms with Crippen LogP contribution in [0.3, 0.4) is 0 Å². The summed E-state index contributed by atoms with van der Waals surface area (Å²) in [6.07, 6.45) is 0.947. The van der Waals surface area contributed by atoms with Crippen LogP contribution in [0.4, 0.5) is 5.69 Å². The molecule has 0 saturated carbocycles. The van der Waals surface area contributed by atoms with Crippen LogP contribution in [0.15, 0.2) is 23.1 Å². The fraction of sp³-hybridized carbons (Fsp3) is 0.462. The number of nitrogens with two attached hydrogens (primary N) is 1. The van der Waals surface area contributed by atoms with Crippen molar-refractivity contribution in [3.63, 3.8) is 0 Å². The number of para-hydroxylation sites is 1. The molecule has 0 heterocycles. The van der Waals surface area contributed by atoms with Crippen molar-refractivity contribution >= 4 is 23.4 Å². The Hall–Kier alpha value is -1.16. The van der Waals surface area contributed by atoms with E-state index in [9.17, 15) is 4.79 Å². The Labute approximate surface area is 107 Å². The molecule has 0 saturated heterocycles. The molecule has 0 aliphatic heterocycles. The zero-order valence-corrected chi connectivity index (χ0v) is 11.4. The lowest BCUT2D eigenvalue weighted by molar-refractivity contribution is -0.119. The minimum absolute atomic E-state index is 0.0604. The van der Waals surface area contributed by atoms with E-state index in [4.69, 9.17) is 5.73 Å². The predicted octanol–water partition coefficient (Wildman–Crippen LogP) is 2.58. The van der Waals surface area contributed by atoms with Gasteiger partial charge in [-0.25, -0.2) is 0 Å². The first-order valence-corrected chi connectivity index (χ1v) is 6.80. The Morgan fingerprint density at radius 2 is 2.24 bits per heavy atom. The number of hydrogen-bond donors (Lipinski definition) is 2. The summed E-state index contributed by atoms with van der Waals surface area (Å²) >= 11 is 1.48. The summed E-state index contributed by atoms with van der Waals surface area (Å²) in [7, 11) is 0. The second-order valence-electron chi connectivity index (χ2n) is 4.15. The fourth-order valence-corrected chi connectivity index (χ4v) is 2.20. The lowest BCUT2D eigenvalue weighted by Crippen LogP contribution is -2.33. The van der Waals surface area contributed by atoms with E-state index in [0.717, 1.165) is 22.6 Å². The Morgan fingerprint density at radius 1 is 1.53 bits per heavy atom. The van der Waals surface area contributed by atoms with E-state index in [1.165, 1.54) is 11.8 Å². The highest BCUT2D eigenvalue weighted by Gasteiger charge is 2.08. The number of thioether (sulfide) groups is 1. The Kier molecular flexibility index (Phi) is 5.35. The van der Waals surface area contributed by atoms with Gasteiger partial charge in [0.25, 0.3) is 0 Å². The molecule has 0 spiro atoms. The molecule has 17 heavy (non-hydrogen) atoms. The average Bonchev–Trinajstić information content (AvgIpc) is 2.31. The normalized spacial score (nSPS) is 12.2. The van der Waals surface area contributed by atoms with Gasteiger partial charge in [0.15, 0.2) is 0 Å². The quantitative estimate of drug-likeness (QED) is 0.625. The SMILES string of the molecule is CCC(C)NC(=O)CSc1cccc(C)c1N. The number of nitrogens with one attached hydrogen (secondary N) is 1. The maximum Gasteiger partial charge on any atom is 0.230 e. The smallest absolute Gasteiger partial charge is 0.230 e. The summed E-state index contributed by atoms with van der Waals surface area (Å²) < 4.78 is 0. The number of carbonyl (C=O) groups excluding carboxylic acids is 1. The predicted molar refractivity (Wildman–Crippen MR) is 74.2 cm³/mol. The second kappa shape index (κ2) is 6.55. The van der Waals surface area contributed by atoms with E-state index in [0.29, 0.717) is 5.75 Å². The summed E-state index contributed by atoms with van der Waals surface area (Å²) in [5, 5.41) is 2.93. The van der Waals surface area contributed by atoms with Crippen molar-refractivity contribution in [3.05, 3.63) is 23.8 Å². The number of nitrogen functional groups attached to an aromatic ring is 1. The zero-order valence-electron chi connectivity index (χ0n) is 10.6. The summed E-state index contributed by atoms with van der Waals surface area (Å²) in [4.78, 5) is 12.6. The number of benzene rings is 1. The highest BCUT2D eigenvalue weighted by Crippen LogP contribution is 2.27. The monoisotopic (exact) mass is 252 g/mol. The molecule has 94 valence electrons. The number of amides is 1. The van der Waals surface area contributed by atoms with Gasteiger partial charge in [0.05, 0.1) is 5.75 Å². The van der Waals surface area contributed by atoms with Crippen LogP contribution in [-0.4, -0.2) is 17.7 Å². The van der Waals surface area contributed by atoms with E-state index < -0.39 is 0 Å². The van der Waals surface area contributed by atoms with Crippen LogP contribution in [0.5, 0.6) is 0 Å². The Balaban J connectivity index is 2.50. The van der Waals surface area contributed by atoms with Crippen molar-refractivity contribution in [3.8, 4) is 0 Å². The van der Waals surface area contributed by atoms with Gasteiger partial charge in [0.2, 0.25) is 5.91 Å². The van der Waals surface area contributed by atoms with Gasteiger partial charge in [-0.3, -0.25) is 4.79 Å². The lowest BCUT2D eigenvalue weighted by Gasteiger charge is -2.12. The van der Waals surface area contributed by atoms with Crippen molar-refractivity contribution in [1.29, 1.82) is 0 Å². The summed E-state index contributed by atoms with van der Waals surface area (Å²) in [5.74, 6) is 0.475. The molecule has 1 atom stereocenters. The van der Waals surface area contributed by atoms with Crippen LogP contribution in [-0.2, 0) is 4.79 Å². The van der Waals surface area contributed by atoms with Crippen LogP contribution in [0.2, 0.25) is 0 Å². The van der Waals surface area contributed by atoms with Crippen molar-refractivity contribution in [2.45, 2.75) is 38.1 Å². The van der Waals surface area contributed by atoms with E-state index >= 15 is 0 Å². The molecule has 1 aromatic rings. The van der Waals surface area contributed by atoms with E-state index in [1.54, 1.807) is 0 Å². The van der Waals surface area contributed by atoms with Gasteiger partial charge in [0, 0.05) is 16.6 Å². The first kappa shape index (κ1) is 13.9. The van der Waals surface area contributed by atoms with Crippen molar-refractivity contribution < 1.29 is 4.79 Å². The highest BCUT2D eigenvalue weighted by molar-refractivity contribution is 8.00. The molecule has 1 aromatic carbocycles. The number of rotatable bonds is 5. The summed E-state index contributed by atoms with van der Waals surface area (Å²) in [6, 6.07) is 6.11. The molecule has 1 unspecified atom stereocenters. The zero-order chi connectivity index (χ0) is 12.8. The number of aryl methyl sites for hydroxylation is 1. The topological polar surface area (TPSA) is 55.1 Å². The van der Waals surface area contributed by atoms with Gasteiger partial charge in [-0.1, -0.05) is 19.1 Å². The highest BCUT2D eigenvalue weighted by atomic mass is 32.2. The van der Waals surface area contributed by atoms with Gasteiger partial charge in [-0.2, -0.15) is 0 Å². The van der Waals surface area contributed by atoms with Gasteiger partial charge in [0.1, 0.15) is 0 Å². The van der Waals surface area contributed by atoms with Crippen LogP contribution in [0.25, 0.3) is 0 Å². The van der Waals surface area contributed by atoms with Gasteiger partial charge in [-0.05, 0) is 31.9 Å². The number of hydrogen-bond acceptors (Lipinski definition) is 3. The maximum atomic E-state index is 11.6. The molecule has 1 rings (SSSR count).